The van der Waals surface area contributed by atoms with Crippen LogP contribution in [0.1, 0.15) is 22.2 Å². The van der Waals surface area contributed by atoms with Crippen LogP contribution in [0.15, 0.2) is 27.1 Å². The van der Waals surface area contributed by atoms with E-state index in [0.717, 1.165) is 14.0 Å². The maximum Gasteiger partial charge on any atom is 0.332 e. The average Bonchev–Trinajstić information content (AvgIpc) is 3.03. The Bertz CT molecular complexity index is 836. The van der Waals surface area contributed by atoms with E-state index in [1.807, 2.05) is 29.5 Å². The second-order valence-electron chi connectivity index (χ2n) is 5.50. The van der Waals surface area contributed by atoms with E-state index in [-0.39, 0.29) is 11.4 Å². The third-order valence-corrected chi connectivity index (χ3v) is 4.84. The molecule has 0 radical (unpaired) electrons. The third-order valence-electron chi connectivity index (χ3n) is 3.98. The van der Waals surface area contributed by atoms with Gasteiger partial charge < -0.3 is 5.73 Å². The number of carbonyl (C=O) groups excluding carboxylic acids is 1. The van der Waals surface area contributed by atoms with Crippen LogP contribution >= 0.6 is 11.3 Å². The van der Waals surface area contributed by atoms with Crippen molar-refractivity contribution in [1.29, 1.82) is 0 Å². The Morgan fingerprint density at radius 3 is 2.57 bits per heavy atom. The minimum Gasteiger partial charge on any atom is -0.384 e. The summed E-state index contributed by atoms with van der Waals surface area (Å²) in [5.74, 6) is -0.489. The maximum atomic E-state index is 12.7. The highest BCUT2D eigenvalue weighted by molar-refractivity contribution is 7.09. The van der Waals surface area contributed by atoms with Gasteiger partial charge in [-0.3, -0.25) is 23.6 Å². The molecule has 0 spiro atoms. The number of rotatable bonds is 5. The number of nitrogens with zero attached hydrogens (tertiary/aromatic N) is 3. The Morgan fingerprint density at radius 2 is 2.00 bits per heavy atom. The van der Waals surface area contributed by atoms with Gasteiger partial charge in [0.1, 0.15) is 11.4 Å². The van der Waals surface area contributed by atoms with E-state index in [1.165, 1.54) is 14.1 Å². The average molecular weight is 336 g/mol. The zero-order chi connectivity index (χ0) is 17.3. The van der Waals surface area contributed by atoms with Crippen molar-refractivity contribution in [2.24, 2.45) is 14.1 Å². The van der Waals surface area contributed by atoms with E-state index in [1.54, 1.807) is 18.3 Å². The van der Waals surface area contributed by atoms with Crippen LogP contribution in [-0.2, 0) is 20.6 Å². The fourth-order valence-corrected chi connectivity index (χ4v) is 3.05. The Hall–Kier alpha value is -2.19. The molecule has 2 aromatic heterocycles. The van der Waals surface area contributed by atoms with Gasteiger partial charge in [0.2, 0.25) is 0 Å². The predicted molar refractivity (Wildman–Crippen MR) is 90.9 cm³/mol. The lowest BCUT2D eigenvalue weighted by molar-refractivity contribution is 0.0861. The van der Waals surface area contributed by atoms with Crippen molar-refractivity contribution in [3.05, 3.63) is 48.8 Å². The summed E-state index contributed by atoms with van der Waals surface area (Å²) in [5, 5.41) is 1.97. The van der Waals surface area contributed by atoms with E-state index in [2.05, 4.69) is 0 Å². The Balaban J connectivity index is 2.37. The van der Waals surface area contributed by atoms with Crippen molar-refractivity contribution in [2.75, 3.05) is 12.8 Å². The van der Waals surface area contributed by atoms with Crippen LogP contribution in [0.3, 0.4) is 0 Å². The summed E-state index contributed by atoms with van der Waals surface area (Å²) in [5.41, 5.74) is 4.49. The number of nitrogen functional groups attached to an aromatic ring is 1. The molecule has 2 rings (SSSR count). The van der Waals surface area contributed by atoms with Crippen molar-refractivity contribution < 1.29 is 4.79 Å². The predicted octanol–water partition coefficient (Wildman–Crippen LogP) is 0.431. The van der Waals surface area contributed by atoms with Crippen molar-refractivity contribution in [3.63, 3.8) is 0 Å². The monoisotopic (exact) mass is 336 g/mol. The number of thiophene rings is 1. The van der Waals surface area contributed by atoms with Crippen LogP contribution in [0.5, 0.6) is 0 Å². The smallest absolute Gasteiger partial charge is 0.332 e. The largest absolute Gasteiger partial charge is 0.384 e. The zero-order valence-corrected chi connectivity index (χ0v) is 14.4. The molecule has 2 heterocycles. The van der Waals surface area contributed by atoms with Gasteiger partial charge in [-0.2, -0.15) is 0 Å². The molecular weight excluding hydrogens is 316 g/mol. The van der Waals surface area contributed by atoms with Gasteiger partial charge in [0, 0.05) is 25.5 Å². The van der Waals surface area contributed by atoms with Crippen LogP contribution in [0.4, 0.5) is 5.82 Å². The number of anilines is 1. The summed E-state index contributed by atoms with van der Waals surface area (Å²) in [7, 11) is 4.58. The number of carbonyl (C=O) groups is 1. The van der Waals surface area contributed by atoms with E-state index in [0.29, 0.717) is 6.54 Å². The number of likely N-dealkylation sites (N-methyl/N-ethyl adjacent to an activating group) is 1. The molecule has 0 aliphatic heterocycles. The number of hydrogen-bond acceptors (Lipinski definition) is 6. The van der Waals surface area contributed by atoms with Crippen molar-refractivity contribution in [1.82, 2.24) is 14.0 Å². The molecule has 1 unspecified atom stereocenters. The summed E-state index contributed by atoms with van der Waals surface area (Å²) >= 11 is 1.60. The van der Waals surface area contributed by atoms with Gasteiger partial charge >= 0.3 is 5.69 Å². The molecule has 8 heteroatoms. The quantitative estimate of drug-likeness (QED) is 0.800. The Morgan fingerprint density at radius 1 is 1.35 bits per heavy atom. The first kappa shape index (κ1) is 17.2. The van der Waals surface area contributed by atoms with E-state index < -0.39 is 23.1 Å². The van der Waals surface area contributed by atoms with Gasteiger partial charge in [-0.25, -0.2) is 4.79 Å². The Kier molecular flexibility index (Phi) is 4.86. The molecule has 0 amide bonds. The number of Topliss-reactive ketones (excluding diaryl/α,β-unsaturated/α-hetero) is 1. The van der Waals surface area contributed by atoms with E-state index in [4.69, 9.17) is 5.73 Å². The molecule has 0 aliphatic rings. The minimum absolute atomic E-state index is 0.0977. The molecule has 2 N–H and O–H groups in total. The summed E-state index contributed by atoms with van der Waals surface area (Å²) in [4.78, 5) is 39.8. The molecule has 0 saturated carbocycles. The van der Waals surface area contributed by atoms with Crippen LogP contribution in [0, 0.1) is 0 Å². The first-order chi connectivity index (χ1) is 10.8. The first-order valence-corrected chi connectivity index (χ1v) is 7.96. The van der Waals surface area contributed by atoms with Crippen LogP contribution in [0.25, 0.3) is 0 Å². The normalized spacial score (nSPS) is 12.6. The number of ketones is 1. The molecule has 0 fully saturated rings. The van der Waals surface area contributed by atoms with Gasteiger partial charge in [-0.05, 0) is 25.4 Å². The highest BCUT2D eigenvalue weighted by atomic mass is 32.1. The fraction of sp³-hybridized carbons (Fsp3) is 0.400. The van der Waals surface area contributed by atoms with Crippen molar-refractivity contribution in [2.45, 2.75) is 19.5 Å². The molecular formula is C15H20N4O3S. The van der Waals surface area contributed by atoms with Gasteiger partial charge in [-0.1, -0.05) is 6.07 Å². The molecule has 0 aromatic carbocycles. The molecule has 0 aliphatic carbocycles. The van der Waals surface area contributed by atoms with Crippen LogP contribution in [0.2, 0.25) is 0 Å². The zero-order valence-electron chi connectivity index (χ0n) is 13.6. The first-order valence-electron chi connectivity index (χ1n) is 7.08. The summed E-state index contributed by atoms with van der Waals surface area (Å²) in [6.45, 7) is 2.32. The lowest BCUT2D eigenvalue weighted by Gasteiger charge is -2.23. The molecule has 7 nitrogen and oxygen atoms in total. The SMILES string of the molecule is CC(C(=O)c1c(N)n(C)c(=O)n(C)c1=O)N(C)Cc1cccs1. The molecule has 1 atom stereocenters. The van der Waals surface area contributed by atoms with Crippen molar-refractivity contribution >= 4 is 22.9 Å². The topological polar surface area (TPSA) is 90.3 Å². The summed E-state index contributed by atoms with van der Waals surface area (Å²) in [6.07, 6.45) is 0. The molecule has 23 heavy (non-hydrogen) atoms. The minimum atomic E-state index is -0.660. The highest BCUT2D eigenvalue weighted by Gasteiger charge is 2.27. The molecule has 124 valence electrons. The lowest BCUT2D eigenvalue weighted by Crippen LogP contribution is -2.45. The van der Waals surface area contributed by atoms with Gasteiger partial charge in [0.15, 0.2) is 5.78 Å². The summed E-state index contributed by atoms with van der Waals surface area (Å²) < 4.78 is 2.01. The molecule has 0 saturated heterocycles. The Labute approximate surface area is 137 Å². The number of aromatic nitrogens is 2. The van der Waals surface area contributed by atoms with Gasteiger partial charge in [0.25, 0.3) is 5.56 Å². The van der Waals surface area contributed by atoms with E-state index >= 15 is 0 Å². The maximum absolute atomic E-state index is 12.7. The fourth-order valence-electron chi connectivity index (χ4n) is 2.29. The second-order valence-corrected chi connectivity index (χ2v) is 6.53. The van der Waals surface area contributed by atoms with Crippen LogP contribution in [-0.4, -0.2) is 32.9 Å². The number of nitrogens with two attached hydrogens (primary N) is 1. The third kappa shape index (κ3) is 3.13. The van der Waals surface area contributed by atoms with Crippen molar-refractivity contribution in [3.8, 4) is 0 Å². The number of hydrogen-bond donors (Lipinski definition) is 1. The highest BCUT2D eigenvalue weighted by Crippen LogP contribution is 2.15. The molecule has 2 aromatic rings. The standard InChI is InChI=1S/C15H20N4O3S/c1-9(17(2)8-10-6-5-7-23-10)12(20)11-13(16)18(3)15(22)19(4)14(11)21/h5-7,9H,8,16H2,1-4H3. The molecule has 0 bridgehead atoms. The summed E-state index contributed by atoms with van der Waals surface area (Å²) in [6, 6.07) is 3.39. The second kappa shape index (κ2) is 6.51. The van der Waals surface area contributed by atoms with Crippen LogP contribution < -0.4 is 17.0 Å². The lowest BCUT2D eigenvalue weighted by atomic mass is 10.1. The van der Waals surface area contributed by atoms with Gasteiger partial charge in [0.05, 0.1) is 6.04 Å². The van der Waals surface area contributed by atoms with Gasteiger partial charge in [-0.15, -0.1) is 11.3 Å². The van der Waals surface area contributed by atoms with E-state index in [9.17, 15) is 14.4 Å².